The number of benzene rings is 2. The average molecular weight is 359 g/mol. The lowest BCUT2D eigenvalue weighted by molar-refractivity contribution is 0.376. The smallest absolute Gasteiger partial charge is 0.246 e. The van der Waals surface area contributed by atoms with Crippen molar-refractivity contribution in [1.82, 2.24) is 15.5 Å². The van der Waals surface area contributed by atoms with Gasteiger partial charge in [0, 0.05) is 16.3 Å². The van der Waals surface area contributed by atoms with Crippen molar-refractivity contribution < 1.29 is 4.52 Å². The molecule has 0 bridgehead atoms. The fraction of sp³-hybridized carbons (Fsp3) is 0.118. The van der Waals surface area contributed by atoms with Gasteiger partial charge in [0.15, 0.2) is 5.11 Å². The molecule has 0 aliphatic heterocycles. The van der Waals surface area contributed by atoms with Crippen molar-refractivity contribution in [3.63, 3.8) is 0 Å². The highest BCUT2D eigenvalue weighted by atomic mass is 35.5. The number of aryl methyl sites for hydroxylation is 1. The van der Waals surface area contributed by atoms with Crippen LogP contribution in [0.1, 0.15) is 11.5 Å². The largest absolute Gasteiger partial charge is 0.353 e. The Morgan fingerprint density at radius 2 is 2.04 bits per heavy atom. The van der Waals surface area contributed by atoms with Crippen LogP contribution in [-0.4, -0.2) is 15.3 Å². The Hall–Kier alpha value is -2.44. The number of aromatic nitrogens is 2. The molecule has 0 saturated carbocycles. The Kier molecular flexibility index (Phi) is 5.08. The minimum atomic E-state index is 0.339. The molecule has 0 radical (unpaired) electrons. The van der Waals surface area contributed by atoms with Crippen LogP contribution >= 0.6 is 23.8 Å². The predicted molar refractivity (Wildman–Crippen MR) is 99.0 cm³/mol. The van der Waals surface area contributed by atoms with Crippen LogP contribution in [0, 0.1) is 6.92 Å². The van der Waals surface area contributed by atoms with Gasteiger partial charge in [-0.3, -0.25) is 0 Å². The summed E-state index contributed by atoms with van der Waals surface area (Å²) in [5.41, 5.74) is 2.86. The summed E-state index contributed by atoms with van der Waals surface area (Å²) in [7, 11) is 0. The maximum absolute atomic E-state index is 5.94. The first-order valence-corrected chi connectivity index (χ1v) is 8.09. The Balaban J connectivity index is 1.59. The number of hydrogen-bond acceptors (Lipinski definition) is 4. The predicted octanol–water partition coefficient (Wildman–Crippen LogP) is 4.19. The van der Waals surface area contributed by atoms with E-state index < -0.39 is 0 Å². The van der Waals surface area contributed by atoms with Gasteiger partial charge in [0.05, 0.1) is 6.54 Å². The summed E-state index contributed by atoms with van der Waals surface area (Å²) < 4.78 is 5.26. The number of thiocarbonyl (C=S) groups is 1. The van der Waals surface area contributed by atoms with E-state index in [-0.39, 0.29) is 0 Å². The zero-order valence-corrected chi connectivity index (χ0v) is 14.5. The van der Waals surface area contributed by atoms with Crippen LogP contribution in [0.25, 0.3) is 11.4 Å². The lowest BCUT2D eigenvalue weighted by Gasteiger charge is -2.08. The maximum atomic E-state index is 5.94. The Morgan fingerprint density at radius 3 is 2.83 bits per heavy atom. The molecule has 0 atom stereocenters. The third-order valence-electron chi connectivity index (χ3n) is 3.34. The second-order valence-electron chi connectivity index (χ2n) is 5.14. The van der Waals surface area contributed by atoms with Gasteiger partial charge in [-0.05, 0) is 42.9 Å². The molecule has 122 valence electrons. The molecule has 0 aliphatic rings. The summed E-state index contributed by atoms with van der Waals surface area (Å²) in [6.45, 7) is 2.35. The highest BCUT2D eigenvalue weighted by molar-refractivity contribution is 7.80. The van der Waals surface area contributed by atoms with E-state index >= 15 is 0 Å². The summed E-state index contributed by atoms with van der Waals surface area (Å²) in [6.07, 6.45) is 0. The third kappa shape index (κ3) is 4.10. The van der Waals surface area contributed by atoms with Gasteiger partial charge >= 0.3 is 0 Å². The van der Waals surface area contributed by atoms with Crippen molar-refractivity contribution in [1.29, 1.82) is 0 Å². The highest BCUT2D eigenvalue weighted by Crippen LogP contribution is 2.19. The van der Waals surface area contributed by atoms with Crippen LogP contribution < -0.4 is 10.6 Å². The number of halogens is 1. The lowest BCUT2D eigenvalue weighted by Crippen LogP contribution is -2.27. The van der Waals surface area contributed by atoms with Crippen molar-refractivity contribution in [2.45, 2.75) is 13.5 Å². The first-order valence-electron chi connectivity index (χ1n) is 7.31. The molecule has 3 rings (SSSR count). The van der Waals surface area contributed by atoms with E-state index in [0.717, 1.165) is 16.8 Å². The molecule has 1 heterocycles. The fourth-order valence-electron chi connectivity index (χ4n) is 2.16. The number of nitrogens with one attached hydrogen (secondary N) is 2. The van der Waals surface area contributed by atoms with Gasteiger partial charge in [0.25, 0.3) is 0 Å². The standard InChI is InChI=1S/C17H15ClN4OS/c1-11-5-2-3-8-14(11)16-21-15(23-22-16)10-19-17(24)20-13-7-4-6-12(18)9-13/h2-9H,10H2,1H3,(H2,19,20,24). The molecule has 2 N–H and O–H groups in total. The van der Waals surface area contributed by atoms with Crippen molar-refractivity contribution in [2.24, 2.45) is 0 Å². The van der Waals surface area contributed by atoms with Gasteiger partial charge in [0.1, 0.15) is 0 Å². The van der Waals surface area contributed by atoms with Gasteiger partial charge in [-0.1, -0.05) is 47.1 Å². The molecule has 7 heteroatoms. The first kappa shape index (κ1) is 16.4. The van der Waals surface area contributed by atoms with Gasteiger partial charge < -0.3 is 15.2 Å². The molecule has 0 unspecified atom stereocenters. The summed E-state index contributed by atoms with van der Waals surface area (Å²) in [5.74, 6) is 1.03. The monoisotopic (exact) mass is 358 g/mol. The molecule has 0 saturated heterocycles. The maximum Gasteiger partial charge on any atom is 0.246 e. The molecule has 0 amide bonds. The highest BCUT2D eigenvalue weighted by Gasteiger charge is 2.10. The van der Waals surface area contributed by atoms with Gasteiger partial charge in [-0.2, -0.15) is 4.98 Å². The van der Waals surface area contributed by atoms with E-state index in [1.807, 2.05) is 43.3 Å². The summed E-state index contributed by atoms with van der Waals surface area (Å²) in [4.78, 5) is 4.39. The normalized spacial score (nSPS) is 10.4. The second-order valence-corrected chi connectivity index (χ2v) is 5.99. The Labute approximate surface area is 150 Å². The van der Waals surface area contributed by atoms with E-state index in [0.29, 0.717) is 28.4 Å². The zero-order chi connectivity index (χ0) is 16.9. The van der Waals surface area contributed by atoms with Crippen LogP contribution in [0.2, 0.25) is 5.02 Å². The minimum absolute atomic E-state index is 0.339. The molecule has 2 aromatic carbocycles. The van der Waals surface area contributed by atoms with Crippen LogP contribution in [0.5, 0.6) is 0 Å². The molecular weight excluding hydrogens is 344 g/mol. The third-order valence-corrected chi connectivity index (χ3v) is 3.82. The van der Waals surface area contributed by atoms with E-state index in [1.54, 1.807) is 12.1 Å². The SMILES string of the molecule is Cc1ccccc1-c1noc(CNC(=S)Nc2cccc(Cl)c2)n1. The van der Waals surface area contributed by atoms with E-state index in [4.69, 9.17) is 28.3 Å². The second kappa shape index (κ2) is 7.42. The first-order chi connectivity index (χ1) is 11.6. The lowest BCUT2D eigenvalue weighted by atomic mass is 10.1. The van der Waals surface area contributed by atoms with Crippen molar-refractivity contribution in [3.05, 3.63) is 65.0 Å². The number of rotatable bonds is 4. The number of hydrogen-bond donors (Lipinski definition) is 2. The van der Waals surface area contributed by atoms with Crippen LogP contribution in [0.15, 0.2) is 53.1 Å². The molecule has 3 aromatic rings. The van der Waals surface area contributed by atoms with Crippen molar-refractivity contribution in [2.75, 3.05) is 5.32 Å². The van der Waals surface area contributed by atoms with Gasteiger partial charge in [-0.15, -0.1) is 0 Å². The van der Waals surface area contributed by atoms with E-state index in [9.17, 15) is 0 Å². The van der Waals surface area contributed by atoms with Crippen molar-refractivity contribution in [3.8, 4) is 11.4 Å². The molecule has 0 fully saturated rings. The van der Waals surface area contributed by atoms with Crippen LogP contribution in [-0.2, 0) is 6.54 Å². The summed E-state index contributed by atoms with van der Waals surface area (Å²) in [5, 5.41) is 11.2. The summed E-state index contributed by atoms with van der Waals surface area (Å²) >= 11 is 11.2. The number of anilines is 1. The van der Waals surface area contributed by atoms with Crippen molar-refractivity contribution >= 4 is 34.6 Å². The van der Waals surface area contributed by atoms with Crippen LogP contribution in [0.4, 0.5) is 5.69 Å². The molecule has 5 nitrogen and oxygen atoms in total. The van der Waals surface area contributed by atoms with Gasteiger partial charge in [-0.25, -0.2) is 0 Å². The van der Waals surface area contributed by atoms with Gasteiger partial charge in [0.2, 0.25) is 11.7 Å². The van der Waals surface area contributed by atoms with E-state index in [2.05, 4.69) is 20.8 Å². The molecular formula is C17H15ClN4OS. The molecule has 24 heavy (non-hydrogen) atoms. The fourth-order valence-corrected chi connectivity index (χ4v) is 2.54. The Bertz CT molecular complexity index is 865. The molecule has 0 spiro atoms. The zero-order valence-electron chi connectivity index (χ0n) is 12.9. The van der Waals surface area contributed by atoms with E-state index in [1.165, 1.54) is 0 Å². The average Bonchev–Trinajstić information content (AvgIpc) is 3.02. The summed E-state index contributed by atoms with van der Waals surface area (Å²) in [6, 6.07) is 15.2. The molecule has 0 aliphatic carbocycles. The quantitative estimate of drug-likeness (QED) is 0.682. The number of nitrogens with zero attached hydrogens (tertiary/aromatic N) is 2. The Morgan fingerprint density at radius 1 is 1.21 bits per heavy atom. The van der Waals surface area contributed by atoms with Crippen LogP contribution in [0.3, 0.4) is 0 Å². The molecule has 1 aromatic heterocycles. The minimum Gasteiger partial charge on any atom is -0.353 e. The topological polar surface area (TPSA) is 63.0 Å².